The van der Waals surface area contributed by atoms with E-state index in [4.69, 9.17) is 4.74 Å². The molecular weight excluding hydrogens is 201 g/mol. The Hall–Kier alpha value is -0.370. The van der Waals surface area contributed by atoms with Gasteiger partial charge in [0.05, 0.1) is 19.8 Å². The Labute approximate surface area is 79.9 Å². The zero-order valence-corrected chi connectivity index (χ0v) is 7.64. The molecule has 0 radical (unpaired) electrons. The third kappa shape index (κ3) is 5.38. The lowest BCUT2D eigenvalue weighted by molar-refractivity contribution is -0.324. The molecule has 0 aromatic rings. The maximum atomic E-state index is 11.5. The SMILES string of the molecule is FC(F)(F)OCCNN1CCOCC1. The zero-order chi connectivity index (χ0) is 10.4. The van der Waals surface area contributed by atoms with Crippen molar-refractivity contribution in [3.63, 3.8) is 0 Å². The molecule has 4 nitrogen and oxygen atoms in total. The summed E-state index contributed by atoms with van der Waals surface area (Å²) in [7, 11) is 0. The van der Waals surface area contributed by atoms with E-state index in [1.807, 2.05) is 5.01 Å². The van der Waals surface area contributed by atoms with Gasteiger partial charge in [0.15, 0.2) is 0 Å². The van der Waals surface area contributed by atoms with Gasteiger partial charge in [-0.1, -0.05) is 0 Å². The van der Waals surface area contributed by atoms with Crippen LogP contribution in [-0.4, -0.2) is 50.8 Å². The lowest BCUT2D eigenvalue weighted by Crippen LogP contribution is -2.47. The highest BCUT2D eigenvalue weighted by Crippen LogP contribution is 2.15. The average molecular weight is 214 g/mol. The van der Waals surface area contributed by atoms with Crippen molar-refractivity contribution in [1.82, 2.24) is 10.4 Å². The summed E-state index contributed by atoms with van der Waals surface area (Å²) >= 11 is 0. The number of hydrogen-bond donors (Lipinski definition) is 1. The molecule has 1 saturated heterocycles. The number of halogens is 3. The number of nitrogens with one attached hydrogen (secondary N) is 1. The summed E-state index contributed by atoms with van der Waals surface area (Å²) in [6.07, 6.45) is -4.54. The monoisotopic (exact) mass is 214 g/mol. The molecule has 7 heteroatoms. The molecular formula is C7H13F3N2O2. The summed E-state index contributed by atoms with van der Waals surface area (Å²) in [5, 5.41) is 1.82. The van der Waals surface area contributed by atoms with E-state index in [1.54, 1.807) is 0 Å². The third-order valence-electron chi connectivity index (χ3n) is 1.71. The van der Waals surface area contributed by atoms with Crippen LogP contribution >= 0.6 is 0 Å². The van der Waals surface area contributed by atoms with Gasteiger partial charge in [0.1, 0.15) is 0 Å². The van der Waals surface area contributed by atoms with Crippen molar-refractivity contribution >= 4 is 0 Å². The summed E-state index contributed by atoms with van der Waals surface area (Å²) < 4.78 is 43.3. The quantitative estimate of drug-likeness (QED) is 0.685. The van der Waals surface area contributed by atoms with Crippen LogP contribution in [0.2, 0.25) is 0 Å². The molecule has 0 atom stereocenters. The highest BCUT2D eigenvalue weighted by atomic mass is 19.4. The van der Waals surface area contributed by atoms with E-state index in [9.17, 15) is 13.2 Å². The van der Waals surface area contributed by atoms with Gasteiger partial charge in [0.25, 0.3) is 0 Å². The summed E-state index contributed by atoms with van der Waals surface area (Å²) in [6.45, 7) is 2.36. The Morgan fingerprint density at radius 3 is 2.50 bits per heavy atom. The van der Waals surface area contributed by atoms with Gasteiger partial charge in [-0.15, -0.1) is 13.2 Å². The lowest BCUT2D eigenvalue weighted by atomic mass is 10.5. The van der Waals surface area contributed by atoms with E-state index in [-0.39, 0.29) is 13.2 Å². The minimum absolute atomic E-state index is 0.152. The summed E-state index contributed by atoms with van der Waals surface area (Å²) in [4.78, 5) is 0. The van der Waals surface area contributed by atoms with Crippen molar-refractivity contribution in [2.24, 2.45) is 0 Å². The molecule has 1 aliphatic heterocycles. The minimum Gasteiger partial charge on any atom is -0.379 e. The van der Waals surface area contributed by atoms with Crippen molar-refractivity contribution in [2.45, 2.75) is 6.36 Å². The van der Waals surface area contributed by atoms with E-state index in [0.717, 1.165) is 0 Å². The van der Waals surface area contributed by atoms with Crippen LogP contribution in [0.25, 0.3) is 0 Å². The molecule has 0 unspecified atom stereocenters. The first-order valence-corrected chi connectivity index (χ1v) is 4.35. The topological polar surface area (TPSA) is 33.7 Å². The molecule has 1 heterocycles. The summed E-state index contributed by atoms with van der Waals surface area (Å²) in [5.41, 5.74) is 2.82. The average Bonchev–Trinajstić information content (AvgIpc) is 2.13. The van der Waals surface area contributed by atoms with Crippen LogP contribution in [0, 0.1) is 0 Å². The normalized spacial score (nSPS) is 19.9. The Bertz CT molecular complexity index is 160. The van der Waals surface area contributed by atoms with Crippen LogP contribution in [-0.2, 0) is 9.47 Å². The van der Waals surface area contributed by atoms with Crippen molar-refractivity contribution in [3.05, 3.63) is 0 Å². The van der Waals surface area contributed by atoms with Crippen molar-refractivity contribution in [3.8, 4) is 0 Å². The number of hydrazine groups is 1. The number of rotatable bonds is 4. The highest BCUT2D eigenvalue weighted by Gasteiger charge is 2.28. The number of ether oxygens (including phenoxy) is 2. The molecule has 84 valence electrons. The fourth-order valence-corrected chi connectivity index (χ4v) is 1.09. The molecule has 1 N–H and O–H groups in total. The second-order valence-corrected chi connectivity index (χ2v) is 2.80. The first kappa shape index (κ1) is 11.7. The summed E-state index contributed by atoms with van der Waals surface area (Å²) in [5.74, 6) is 0. The Kier molecular flexibility index (Phi) is 4.59. The van der Waals surface area contributed by atoms with Crippen LogP contribution in [0.3, 0.4) is 0 Å². The van der Waals surface area contributed by atoms with E-state index >= 15 is 0 Å². The predicted molar refractivity (Wildman–Crippen MR) is 42.4 cm³/mol. The molecule has 14 heavy (non-hydrogen) atoms. The highest BCUT2D eigenvalue weighted by molar-refractivity contribution is 4.56. The molecule has 0 aromatic heterocycles. The Morgan fingerprint density at radius 2 is 1.93 bits per heavy atom. The van der Waals surface area contributed by atoms with Crippen LogP contribution in [0.1, 0.15) is 0 Å². The van der Waals surface area contributed by atoms with E-state index in [1.165, 1.54) is 0 Å². The largest absolute Gasteiger partial charge is 0.522 e. The smallest absolute Gasteiger partial charge is 0.379 e. The van der Waals surface area contributed by atoms with E-state index in [0.29, 0.717) is 26.3 Å². The van der Waals surface area contributed by atoms with Gasteiger partial charge in [-0.25, -0.2) is 5.01 Å². The zero-order valence-electron chi connectivity index (χ0n) is 7.64. The maximum Gasteiger partial charge on any atom is 0.522 e. The number of morpholine rings is 1. The van der Waals surface area contributed by atoms with Crippen molar-refractivity contribution in [1.29, 1.82) is 0 Å². The Balaban J connectivity index is 1.97. The Morgan fingerprint density at radius 1 is 1.29 bits per heavy atom. The molecule has 0 bridgehead atoms. The maximum absolute atomic E-state index is 11.5. The van der Waals surface area contributed by atoms with Crippen LogP contribution < -0.4 is 5.43 Å². The fraction of sp³-hybridized carbons (Fsp3) is 1.00. The van der Waals surface area contributed by atoms with Crippen LogP contribution in [0.15, 0.2) is 0 Å². The molecule has 0 spiro atoms. The molecule has 0 aromatic carbocycles. The second-order valence-electron chi connectivity index (χ2n) is 2.80. The van der Waals surface area contributed by atoms with Gasteiger partial charge in [-0.05, 0) is 0 Å². The van der Waals surface area contributed by atoms with Gasteiger partial charge in [0.2, 0.25) is 0 Å². The van der Waals surface area contributed by atoms with Crippen molar-refractivity contribution in [2.75, 3.05) is 39.5 Å². The van der Waals surface area contributed by atoms with Gasteiger partial charge < -0.3 is 4.74 Å². The first-order chi connectivity index (χ1) is 6.58. The van der Waals surface area contributed by atoms with Gasteiger partial charge >= 0.3 is 6.36 Å². The molecule has 1 fully saturated rings. The fourth-order valence-electron chi connectivity index (χ4n) is 1.09. The number of hydrogen-bond acceptors (Lipinski definition) is 4. The van der Waals surface area contributed by atoms with E-state index < -0.39 is 6.36 Å². The second kappa shape index (κ2) is 5.50. The van der Waals surface area contributed by atoms with Crippen molar-refractivity contribution < 1.29 is 22.6 Å². The predicted octanol–water partition coefficient (Wildman–Crippen LogP) is 0.360. The van der Waals surface area contributed by atoms with E-state index in [2.05, 4.69) is 10.2 Å². The molecule has 0 amide bonds. The first-order valence-electron chi connectivity index (χ1n) is 4.35. The van der Waals surface area contributed by atoms with Gasteiger partial charge in [-0.2, -0.15) is 0 Å². The van der Waals surface area contributed by atoms with Crippen LogP contribution in [0.4, 0.5) is 13.2 Å². The summed E-state index contributed by atoms with van der Waals surface area (Å²) in [6, 6.07) is 0. The molecule has 1 rings (SSSR count). The van der Waals surface area contributed by atoms with Gasteiger partial charge in [0, 0.05) is 19.6 Å². The minimum atomic E-state index is -4.54. The molecule has 0 saturated carbocycles. The third-order valence-corrected chi connectivity index (χ3v) is 1.71. The molecule has 0 aliphatic carbocycles. The molecule has 1 aliphatic rings. The standard InChI is InChI=1S/C7H13F3N2O2/c8-7(9,10)14-4-1-11-12-2-5-13-6-3-12/h11H,1-6H2. The van der Waals surface area contributed by atoms with Crippen LogP contribution in [0.5, 0.6) is 0 Å². The lowest BCUT2D eigenvalue weighted by Gasteiger charge is -2.27. The van der Waals surface area contributed by atoms with Gasteiger partial charge in [-0.3, -0.25) is 10.2 Å². The number of nitrogens with zero attached hydrogens (tertiary/aromatic N) is 1. The number of alkyl halides is 3.